The van der Waals surface area contributed by atoms with Crippen molar-refractivity contribution in [3.8, 4) is 0 Å². The molecule has 13 heavy (non-hydrogen) atoms. The lowest BCUT2D eigenvalue weighted by Gasteiger charge is -2.31. The van der Waals surface area contributed by atoms with E-state index in [2.05, 4.69) is 10.2 Å². The average molecular weight is 182 g/mol. The molecule has 1 rings (SSSR count). The molecule has 1 fully saturated rings. The van der Waals surface area contributed by atoms with Crippen LogP contribution >= 0.6 is 0 Å². The van der Waals surface area contributed by atoms with E-state index in [9.17, 15) is 4.79 Å². The Hall–Kier alpha value is -0.830. The molecule has 0 atom stereocenters. The van der Waals surface area contributed by atoms with Gasteiger partial charge in [-0.25, -0.2) is 0 Å². The lowest BCUT2D eigenvalue weighted by Crippen LogP contribution is -2.41. The summed E-state index contributed by atoms with van der Waals surface area (Å²) < 4.78 is 0. The van der Waals surface area contributed by atoms with Gasteiger partial charge in [-0.15, -0.1) is 0 Å². The minimum Gasteiger partial charge on any atom is -0.353 e. The topological polar surface area (TPSA) is 32.3 Å². The summed E-state index contributed by atoms with van der Waals surface area (Å²) in [6.45, 7) is 7.64. The monoisotopic (exact) mass is 182 g/mol. The standard InChI is InChI=1S/C10H18N2O/c1-3-9(10(13)11-4-2)8-12-6-5-7-12/h3H,4-8H2,1-2H3,(H,11,13)/b9-3+. The third kappa shape index (κ3) is 2.84. The third-order valence-corrected chi connectivity index (χ3v) is 2.32. The summed E-state index contributed by atoms with van der Waals surface area (Å²) in [5.41, 5.74) is 0.890. The van der Waals surface area contributed by atoms with Gasteiger partial charge in [0.1, 0.15) is 0 Å². The van der Waals surface area contributed by atoms with Crippen LogP contribution in [0.3, 0.4) is 0 Å². The number of rotatable bonds is 4. The highest BCUT2D eigenvalue weighted by atomic mass is 16.1. The minimum atomic E-state index is 0.0805. The van der Waals surface area contributed by atoms with Crippen molar-refractivity contribution in [2.75, 3.05) is 26.2 Å². The van der Waals surface area contributed by atoms with Crippen LogP contribution in [0, 0.1) is 0 Å². The second kappa shape index (κ2) is 5.02. The van der Waals surface area contributed by atoms with Gasteiger partial charge in [0.15, 0.2) is 0 Å². The Morgan fingerprint density at radius 1 is 1.54 bits per heavy atom. The summed E-state index contributed by atoms with van der Waals surface area (Å²) >= 11 is 0. The Morgan fingerprint density at radius 3 is 2.62 bits per heavy atom. The SMILES string of the molecule is C/C=C(\CN1CCC1)C(=O)NCC. The number of carbonyl (C=O) groups is 1. The van der Waals surface area contributed by atoms with Gasteiger partial charge < -0.3 is 5.32 Å². The van der Waals surface area contributed by atoms with Gasteiger partial charge in [0.05, 0.1) is 0 Å². The number of amides is 1. The van der Waals surface area contributed by atoms with Gasteiger partial charge >= 0.3 is 0 Å². The van der Waals surface area contributed by atoms with Crippen molar-refractivity contribution >= 4 is 5.91 Å². The Bertz CT molecular complexity index is 207. The number of hydrogen-bond donors (Lipinski definition) is 1. The smallest absolute Gasteiger partial charge is 0.248 e. The first kappa shape index (κ1) is 10.3. The van der Waals surface area contributed by atoms with Crippen LogP contribution in [0.2, 0.25) is 0 Å². The molecule has 0 aliphatic carbocycles. The first-order valence-corrected chi connectivity index (χ1v) is 4.93. The zero-order chi connectivity index (χ0) is 9.68. The summed E-state index contributed by atoms with van der Waals surface area (Å²) in [5, 5.41) is 2.82. The molecule has 1 heterocycles. The van der Waals surface area contributed by atoms with Gasteiger partial charge in [-0.2, -0.15) is 0 Å². The molecule has 0 bridgehead atoms. The molecule has 0 saturated carbocycles. The third-order valence-electron chi connectivity index (χ3n) is 2.32. The number of hydrogen-bond acceptors (Lipinski definition) is 2. The van der Waals surface area contributed by atoms with Crippen LogP contribution in [0.4, 0.5) is 0 Å². The van der Waals surface area contributed by atoms with E-state index in [1.807, 2.05) is 19.9 Å². The molecule has 3 heteroatoms. The fourth-order valence-electron chi connectivity index (χ4n) is 1.35. The van der Waals surface area contributed by atoms with Crippen LogP contribution < -0.4 is 5.32 Å². The van der Waals surface area contributed by atoms with Crippen LogP contribution in [0.1, 0.15) is 20.3 Å². The van der Waals surface area contributed by atoms with E-state index in [0.29, 0.717) is 6.54 Å². The van der Waals surface area contributed by atoms with Gasteiger partial charge in [0, 0.05) is 18.7 Å². The van der Waals surface area contributed by atoms with E-state index >= 15 is 0 Å². The highest BCUT2D eigenvalue weighted by Gasteiger charge is 2.17. The maximum atomic E-state index is 11.4. The largest absolute Gasteiger partial charge is 0.353 e. The van der Waals surface area contributed by atoms with Crippen molar-refractivity contribution in [1.82, 2.24) is 10.2 Å². The van der Waals surface area contributed by atoms with Crippen molar-refractivity contribution in [3.63, 3.8) is 0 Å². The second-order valence-electron chi connectivity index (χ2n) is 3.30. The molecular formula is C10H18N2O. The van der Waals surface area contributed by atoms with Crippen LogP contribution in [0.15, 0.2) is 11.6 Å². The van der Waals surface area contributed by atoms with E-state index in [4.69, 9.17) is 0 Å². The number of allylic oxidation sites excluding steroid dienone is 1. The Balaban J connectivity index is 2.37. The second-order valence-corrected chi connectivity index (χ2v) is 3.30. The van der Waals surface area contributed by atoms with Crippen LogP contribution in [0.5, 0.6) is 0 Å². The van der Waals surface area contributed by atoms with Gasteiger partial charge in [-0.3, -0.25) is 9.69 Å². The molecule has 1 aliphatic heterocycles. The fraction of sp³-hybridized carbons (Fsp3) is 0.700. The van der Waals surface area contributed by atoms with Crippen molar-refractivity contribution in [1.29, 1.82) is 0 Å². The molecule has 0 aromatic carbocycles. The predicted octanol–water partition coefficient (Wildman–Crippen LogP) is 0.774. The predicted molar refractivity (Wildman–Crippen MR) is 53.5 cm³/mol. The highest BCUT2D eigenvalue weighted by Crippen LogP contribution is 2.09. The highest BCUT2D eigenvalue weighted by molar-refractivity contribution is 5.93. The van der Waals surface area contributed by atoms with Crippen LogP contribution in [-0.2, 0) is 4.79 Å². The number of carbonyl (C=O) groups excluding carboxylic acids is 1. The van der Waals surface area contributed by atoms with Crippen molar-refractivity contribution in [2.24, 2.45) is 0 Å². The van der Waals surface area contributed by atoms with Gasteiger partial charge in [-0.05, 0) is 33.4 Å². The molecule has 1 aliphatic rings. The van der Waals surface area contributed by atoms with E-state index < -0.39 is 0 Å². The van der Waals surface area contributed by atoms with E-state index in [1.165, 1.54) is 6.42 Å². The molecule has 0 radical (unpaired) electrons. The summed E-state index contributed by atoms with van der Waals surface area (Å²) in [5.74, 6) is 0.0805. The summed E-state index contributed by atoms with van der Waals surface area (Å²) in [6.07, 6.45) is 3.18. The van der Waals surface area contributed by atoms with Crippen LogP contribution in [0.25, 0.3) is 0 Å². The average Bonchev–Trinajstić information content (AvgIpc) is 2.03. The number of nitrogens with zero attached hydrogens (tertiary/aromatic N) is 1. The molecule has 1 saturated heterocycles. The molecule has 0 aromatic rings. The van der Waals surface area contributed by atoms with Crippen molar-refractivity contribution in [2.45, 2.75) is 20.3 Å². The first-order valence-electron chi connectivity index (χ1n) is 4.93. The van der Waals surface area contributed by atoms with E-state index in [0.717, 1.165) is 25.2 Å². The van der Waals surface area contributed by atoms with Gasteiger partial charge in [0.2, 0.25) is 5.91 Å². The number of likely N-dealkylation sites (tertiary alicyclic amines) is 1. The zero-order valence-corrected chi connectivity index (χ0v) is 8.47. The lowest BCUT2D eigenvalue weighted by atomic mass is 10.1. The Morgan fingerprint density at radius 2 is 2.23 bits per heavy atom. The number of nitrogens with one attached hydrogen (secondary N) is 1. The fourth-order valence-corrected chi connectivity index (χ4v) is 1.35. The molecule has 3 nitrogen and oxygen atoms in total. The molecule has 1 N–H and O–H groups in total. The lowest BCUT2D eigenvalue weighted by molar-refractivity contribution is -0.117. The summed E-state index contributed by atoms with van der Waals surface area (Å²) in [6, 6.07) is 0. The molecule has 0 spiro atoms. The molecular weight excluding hydrogens is 164 g/mol. The maximum Gasteiger partial charge on any atom is 0.248 e. The molecule has 0 aromatic heterocycles. The summed E-state index contributed by atoms with van der Waals surface area (Å²) in [7, 11) is 0. The minimum absolute atomic E-state index is 0.0805. The molecule has 0 unspecified atom stereocenters. The maximum absolute atomic E-state index is 11.4. The normalized spacial score (nSPS) is 18.2. The molecule has 1 amide bonds. The van der Waals surface area contributed by atoms with E-state index in [-0.39, 0.29) is 5.91 Å². The Kier molecular flexibility index (Phi) is 3.96. The quantitative estimate of drug-likeness (QED) is 0.651. The number of likely N-dealkylation sites (N-methyl/N-ethyl adjacent to an activating group) is 1. The molecule has 74 valence electrons. The van der Waals surface area contributed by atoms with Crippen molar-refractivity contribution in [3.05, 3.63) is 11.6 Å². The zero-order valence-electron chi connectivity index (χ0n) is 8.47. The van der Waals surface area contributed by atoms with E-state index in [1.54, 1.807) is 0 Å². The van der Waals surface area contributed by atoms with Gasteiger partial charge in [-0.1, -0.05) is 6.08 Å². The first-order chi connectivity index (χ1) is 6.27. The van der Waals surface area contributed by atoms with Crippen LogP contribution in [-0.4, -0.2) is 37.0 Å². The van der Waals surface area contributed by atoms with Gasteiger partial charge in [0.25, 0.3) is 0 Å². The Labute approximate surface area is 79.8 Å². The van der Waals surface area contributed by atoms with Crippen molar-refractivity contribution < 1.29 is 4.79 Å². The summed E-state index contributed by atoms with van der Waals surface area (Å²) in [4.78, 5) is 13.7.